The topological polar surface area (TPSA) is 101 Å². The van der Waals surface area contributed by atoms with E-state index in [0.29, 0.717) is 58.7 Å². The second kappa shape index (κ2) is 10.9. The standard InChI is InChI=1S/C25H31N5O3S2/c1-3-4-5-6-11-30-24(33)19(35-25(30)34)15-18-22(28-13-9-17(10-14-28)20(26)31)27-21-16(2)8-7-12-29(21)23(18)32/h7-8,12,15,17H,3-6,9-11,13-14H2,1-2H3,(H2,26,31)/b19-15+. The molecule has 4 heterocycles. The van der Waals surface area contributed by atoms with E-state index in [-0.39, 0.29) is 23.3 Å². The number of pyridine rings is 1. The van der Waals surface area contributed by atoms with Gasteiger partial charge >= 0.3 is 0 Å². The zero-order valence-electron chi connectivity index (χ0n) is 20.2. The van der Waals surface area contributed by atoms with Gasteiger partial charge in [-0.1, -0.05) is 56.2 Å². The number of hydrogen-bond donors (Lipinski definition) is 1. The lowest BCUT2D eigenvalue weighted by atomic mass is 9.96. The Hall–Kier alpha value is -2.72. The summed E-state index contributed by atoms with van der Waals surface area (Å²) < 4.78 is 2.04. The van der Waals surface area contributed by atoms with Crippen molar-refractivity contribution in [3.05, 3.63) is 44.7 Å². The molecule has 0 bridgehead atoms. The Bertz CT molecular complexity index is 1250. The third-order valence-electron chi connectivity index (χ3n) is 6.65. The summed E-state index contributed by atoms with van der Waals surface area (Å²) in [5.74, 6) is -0.110. The summed E-state index contributed by atoms with van der Waals surface area (Å²) >= 11 is 6.72. The second-order valence-corrected chi connectivity index (χ2v) is 10.8. The smallest absolute Gasteiger partial charge is 0.267 e. The second-order valence-electron chi connectivity index (χ2n) is 9.10. The number of aryl methyl sites for hydroxylation is 1. The quantitative estimate of drug-likeness (QED) is 0.328. The van der Waals surface area contributed by atoms with Crippen molar-refractivity contribution in [2.24, 2.45) is 11.7 Å². The van der Waals surface area contributed by atoms with E-state index in [1.807, 2.05) is 24.0 Å². The Morgan fingerprint density at radius 2 is 2.00 bits per heavy atom. The molecule has 2 aliphatic rings. The number of anilines is 1. The zero-order valence-corrected chi connectivity index (χ0v) is 21.8. The van der Waals surface area contributed by atoms with Crippen LogP contribution in [0.5, 0.6) is 0 Å². The number of piperidine rings is 1. The average Bonchev–Trinajstić information content (AvgIpc) is 3.11. The maximum atomic E-state index is 13.6. The molecule has 0 radical (unpaired) electrons. The summed E-state index contributed by atoms with van der Waals surface area (Å²) in [7, 11) is 0. The summed E-state index contributed by atoms with van der Waals surface area (Å²) in [6.07, 6.45) is 8.73. The Morgan fingerprint density at radius 1 is 1.26 bits per heavy atom. The molecule has 8 nitrogen and oxygen atoms in total. The molecular weight excluding hydrogens is 482 g/mol. The Morgan fingerprint density at radius 3 is 2.69 bits per heavy atom. The Labute approximate surface area is 214 Å². The monoisotopic (exact) mass is 513 g/mol. The minimum absolute atomic E-state index is 0.163. The number of amides is 2. The fraction of sp³-hybridized carbons (Fsp3) is 0.480. The molecule has 2 amide bonds. The number of nitrogens with zero attached hydrogens (tertiary/aromatic N) is 4. The van der Waals surface area contributed by atoms with Gasteiger partial charge in [0.1, 0.15) is 15.8 Å². The fourth-order valence-electron chi connectivity index (χ4n) is 4.56. The number of hydrogen-bond acceptors (Lipinski definition) is 7. The number of aromatic nitrogens is 2. The number of thioether (sulfide) groups is 1. The number of fused-ring (bicyclic) bond motifs is 1. The van der Waals surface area contributed by atoms with Crippen LogP contribution in [-0.4, -0.2) is 50.1 Å². The van der Waals surface area contributed by atoms with Crippen molar-refractivity contribution < 1.29 is 9.59 Å². The Kier molecular flexibility index (Phi) is 7.91. The van der Waals surface area contributed by atoms with Gasteiger partial charge in [-0.3, -0.25) is 23.7 Å². The van der Waals surface area contributed by atoms with Crippen molar-refractivity contribution in [1.29, 1.82) is 0 Å². The highest BCUT2D eigenvalue weighted by atomic mass is 32.2. The molecule has 0 aromatic carbocycles. The molecule has 0 saturated carbocycles. The summed E-state index contributed by atoms with van der Waals surface area (Å²) in [5.41, 5.74) is 7.08. The first kappa shape index (κ1) is 25.4. The van der Waals surface area contributed by atoms with Crippen molar-refractivity contribution >= 4 is 57.7 Å². The molecule has 2 saturated heterocycles. The van der Waals surface area contributed by atoms with Crippen LogP contribution < -0.4 is 16.2 Å². The summed E-state index contributed by atoms with van der Waals surface area (Å²) in [4.78, 5) is 47.4. The molecule has 0 unspecified atom stereocenters. The van der Waals surface area contributed by atoms with Crippen molar-refractivity contribution in [3.63, 3.8) is 0 Å². The molecule has 2 N–H and O–H groups in total. The minimum Gasteiger partial charge on any atom is -0.369 e. The highest BCUT2D eigenvalue weighted by Gasteiger charge is 2.33. The normalized spacial score (nSPS) is 18.3. The zero-order chi connectivity index (χ0) is 25.1. The molecule has 10 heteroatoms. The minimum atomic E-state index is -0.296. The summed E-state index contributed by atoms with van der Waals surface area (Å²) in [6, 6.07) is 3.72. The summed E-state index contributed by atoms with van der Waals surface area (Å²) in [6.45, 7) is 5.76. The van der Waals surface area contributed by atoms with Gasteiger partial charge in [0.2, 0.25) is 5.91 Å². The van der Waals surface area contributed by atoms with Crippen molar-refractivity contribution in [2.45, 2.75) is 52.4 Å². The first-order valence-corrected chi connectivity index (χ1v) is 13.4. The van der Waals surface area contributed by atoms with Crippen LogP contribution in [0.3, 0.4) is 0 Å². The molecule has 186 valence electrons. The van der Waals surface area contributed by atoms with Gasteiger partial charge in [0, 0.05) is 31.7 Å². The van der Waals surface area contributed by atoms with Crippen LogP contribution in [0.25, 0.3) is 11.7 Å². The molecular formula is C25H31N5O3S2. The predicted molar refractivity (Wildman–Crippen MR) is 144 cm³/mol. The molecule has 2 aromatic rings. The van der Waals surface area contributed by atoms with Gasteiger partial charge in [-0.15, -0.1) is 0 Å². The molecule has 0 aliphatic carbocycles. The number of carbonyl (C=O) groups excluding carboxylic acids is 2. The lowest BCUT2D eigenvalue weighted by Crippen LogP contribution is -2.40. The van der Waals surface area contributed by atoms with Crippen LogP contribution in [-0.2, 0) is 9.59 Å². The van der Waals surface area contributed by atoms with Gasteiger partial charge in [0.25, 0.3) is 11.5 Å². The number of rotatable bonds is 8. The number of nitrogens with two attached hydrogens (primary N) is 1. The lowest BCUT2D eigenvalue weighted by Gasteiger charge is -2.32. The fourth-order valence-corrected chi connectivity index (χ4v) is 5.85. The summed E-state index contributed by atoms with van der Waals surface area (Å²) in [5, 5.41) is 0. The van der Waals surface area contributed by atoms with Crippen molar-refractivity contribution in [1.82, 2.24) is 14.3 Å². The van der Waals surface area contributed by atoms with Crippen LogP contribution >= 0.6 is 24.0 Å². The van der Waals surface area contributed by atoms with Crippen LogP contribution in [0.2, 0.25) is 0 Å². The molecule has 0 atom stereocenters. The molecule has 4 rings (SSSR count). The highest BCUT2D eigenvalue weighted by molar-refractivity contribution is 8.26. The van der Waals surface area contributed by atoms with E-state index in [1.165, 1.54) is 16.2 Å². The maximum absolute atomic E-state index is 13.6. The van der Waals surface area contributed by atoms with Gasteiger partial charge in [-0.2, -0.15) is 0 Å². The largest absolute Gasteiger partial charge is 0.369 e. The van der Waals surface area contributed by atoms with E-state index in [0.717, 1.165) is 31.2 Å². The molecule has 2 aromatic heterocycles. The van der Waals surface area contributed by atoms with Crippen LogP contribution in [0.1, 0.15) is 56.6 Å². The SMILES string of the molecule is CCCCCCN1C(=O)/C(=C\c2c(N3CCC(C(N)=O)CC3)nc3c(C)cccn3c2=O)SC1=S. The molecule has 2 aliphatic heterocycles. The molecule has 2 fully saturated rings. The van der Waals surface area contributed by atoms with Crippen molar-refractivity contribution in [3.8, 4) is 0 Å². The van der Waals surface area contributed by atoms with Crippen LogP contribution in [0.4, 0.5) is 5.82 Å². The Balaban J connectivity index is 1.72. The van der Waals surface area contributed by atoms with Gasteiger partial charge in [-0.05, 0) is 43.9 Å². The highest BCUT2D eigenvalue weighted by Crippen LogP contribution is 2.34. The van der Waals surface area contributed by atoms with E-state index in [9.17, 15) is 14.4 Å². The lowest BCUT2D eigenvalue weighted by molar-refractivity contribution is -0.123. The first-order chi connectivity index (χ1) is 16.8. The van der Waals surface area contributed by atoms with E-state index in [1.54, 1.807) is 17.2 Å². The number of thiocarbonyl (C=S) groups is 1. The molecule has 0 spiro atoms. The van der Waals surface area contributed by atoms with E-state index >= 15 is 0 Å². The van der Waals surface area contributed by atoms with Crippen molar-refractivity contribution in [2.75, 3.05) is 24.5 Å². The number of primary amides is 1. The van der Waals surface area contributed by atoms with E-state index < -0.39 is 0 Å². The predicted octanol–water partition coefficient (Wildman–Crippen LogP) is 3.49. The molecule has 35 heavy (non-hydrogen) atoms. The number of carbonyl (C=O) groups is 2. The average molecular weight is 514 g/mol. The first-order valence-electron chi connectivity index (χ1n) is 12.1. The van der Waals surface area contributed by atoms with Crippen LogP contribution in [0, 0.1) is 12.8 Å². The van der Waals surface area contributed by atoms with E-state index in [4.69, 9.17) is 22.9 Å². The maximum Gasteiger partial charge on any atom is 0.267 e. The third kappa shape index (κ3) is 5.28. The van der Waals surface area contributed by atoms with Gasteiger partial charge < -0.3 is 10.6 Å². The van der Waals surface area contributed by atoms with Gasteiger partial charge in [0.05, 0.1) is 10.5 Å². The van der Waals surface area contributed by atoms with E-state index in [2.05, 4.69) is 6.92 Å². The van der Waals surface area contributed by atoms with Gasteiger partial charge in [-0.25, -0.2) is 4.98 Å². The number of unbranched alkanes of at least 4 members (excludes halogenated alkanes) is 3. The van der Waals surface area contributed by atoms with Crippen LogP contribution in [0.15, 0.2) is 28.0 Å². The van der Waals surface area contributed by atoms with Gasteiger partial charge in [0.15, 0.2) is 0 Å². The third-order valence-corrected chi connectivity index (χ3v) is 8.02.